The van der Waals surface area contributed by atoms with Crippen LogP contribution in [0, 0.1) is 5.92 Å². The van der Waals surface area contributed by atoms with Crippen LogP contribution in [-0.2, 0) is 4.79 Å². The molecule has 3 unspecified atom stereocenters. The zero-order chi connectivity index (χ0) is 10.0. The Morgan fingerprint density at radius 1 is 1.69 bits per heavy atom. The summed E-state index contributed by atoms with van der Waals surface area (Å²) in [7, 11) is 0. The van der Waals surface area contributed by atoms with Crippen LogP contribution in [0.25, 0.3) is 0 Å². The number of carbonyl (C=O) groups excluding carboxylic acids is 1. The molecule has 0 aromatic rings. The van der Waals surface area contributed by atoms with E-state index in [2.05, 4.69) is 11.8 Å². The van der Waals surface area contributed by atoms with Crippen LogP contribution in [-0.4, -0.2) is 36.0 Å². The van der Waals surface area contributed by atoms with E-state index in [0.717, 1.165) is 13.0 Å². The number of hydrogen-bond donors (Lipinski definition) is 2. The van der Waals surface area contributed by atoms with Crippen molar-refractivity contribution in [1.29, 1.82) is 0 Å². The second-order valence-electron chi connectivity index (χ2n) is 3.96. The number of nitrogens with two attached hydrogens (primary N) is 2. The highest BCUT2D eigenvalue weighted by atomic mass is 16.1. The minimum atomic E-state index is -0.246. The van der Waals surface area contributed by atoms with Crippen molar-refractivity contribution in [3.63, 3.8) is 0 Å². The maximum absolute atomic E-state index is 11.0. The molecule has 4 heteroatoms. The first-order chi connectivity index (χ1) is 6.06. The summed E-state index contributed by atoms with van der Waals surface area (Å²) in [5.74, 6) is 0.279. The summed E-state index contributed by atoms with van der Waals surface area (Å²) in [5.41, 5.74) is 10.8. The van der Waals surface area contributed by atoms with Crippen LogP contribution in [0.1, 0.15) is 20.3 Å². The molecular weight excluding hydrogens is 166 g/mol. The fourth-order valence-corrected chi connectivity index (χ4v) is 2.04. The van der Waals surface area contributed by atoms with Crippen molar-refractivity contribution in [2.75, 3.05) is 13.1 Å². The molecule has 0 spiro atoms. The molecule has 1 saturated heterocycles. The maximum Gasteiger partial charge on any atom is 0.234 e. The van der Waals surface area contributed by atoms with Gasteiger partial charge in [-0.05, 0) is 32.7 Å². The third-order valence-electron chi connectivity index (χ3n) is 2.95. The molecule has 1 fully saturated rings. The largest absolute Gasteiger partial charge is 0.368 e. The van der Waals surface area contributed by atoms with Crippen LogP contribution >= 0.6 is 0 Å². The van der Waals surface area contributed by atoms with E-state index in [1.165, 1.54) is 0 Å². The Labute approximate surface area is 79.3 Å². The van der Waals surface area contributed by atoms with Gasteiger partial charge in [0.05, 0.1) is 6.04 Å². The summed E-state index contributed by atoms with van der Waals surface area (Å²) in [4.78, 5) is 13.1. The molecule has 0 aromatic heterocycles. The van der Waals surface area contributed by atoms with Crippen LogP contribution < -0.4 is 11.5 Å². The molecule has 0 bridgehead atoms. The summed E-state index contributed by atoms with van der Waals surface area (Å²) < 4.78 is 0. The van der Waals surface area contributed by atoms with Crippen molar-refractivity contribution in [3.8, 4) is 0 Å². The molecule has 0 aromatic carbocycles. The number of carbonyl (C=O) groups is 1. The first-order valence-electron chi connectivity index (χ1n) is 4.81. The lowest BCUT2D eigenvalue weighted by Gasteiger charge is -2.25. The van der Waals surface area contributed by atoms with Gasteiger partial charge in [0, 0.05) is 12.6 Å². The molecule has 1 rings (SSSR count). The van der Waals surface area contributed by atoms with Gasteiger partial charge in [-0.3, -0.25) is 9.69 Å². The molecule has 76 valence electrons. The Balaban J connectivity index is 2.56. The van der Waals surface area contributed by atoms with Crippen molar-refractivity contribution < 1.29 is 4.79 Å². The molecule has 1 amide bonds. The third kappa shape index (κ3) is 2.19. The maximum atomic E-state index is 11.0. The van der Waals surface area contributed by atoms with E-state index in [1.54, 1.807) is 0 Å². The lowest BCUT2D eigenvalue weighted by Crippen LogP contribution is -2.44. The van der Waals surface area contributed by atoms with Crippen molar-refractivity contribution in [2.45, 2.75) is 32.4 Å². The number of rotatable bonds is 3. The first-order valence-corrected chi connectivity index (χ1v) is 4.81. The first kappa shape index (κ1) is 10.5. The standard InChI is InChI=1S/C9H19N3O/c1-6-3-8(4-10)5-12(6)7(2)9(11)13/h6-8H,3-5,10H2,1-2H3,(H2,11,13). The summed E-state index contributed by atoms with van der Waals surface area (Å²) in [6, 6.07) is 0.266. The molecule has 3 atom stereocenters. The van der Waals surface area contributed by atoms with E-state index < -0.39 is 0 Å². The number of likely N-dealkylation sites (tertiary alicyclic amines) is 1. The molecule has 1 aliphatic heterocycles. The number of nitrogens with zero attached hydrogens (tertiary/aromatic N) is 1. The number of primary amides is 1. The molecule has 0 aliphatic carbocycles. The van der Waals surface area contributed by atoms with E-state index in [9.17, 15) is 4.79 Å². The third-order valence-corrected chi connectivity index (χ3v) is 2.95. The molecule has 4 N–H and O–H groups in total. The Kier molecular flexibility index (Phi) is 3.27. The highest BCUT2D eigenvalue weighted by molar-refractivity contribution is 5.79. The van der Waals surface area contributed by atoms with Crippen LogP contribution in [0.2, 0.25) is 0 Å². The van der Waals surface area contributed by atoms with E-state index in [1.807, 2.05) is 6.92 Å². The van der Waals surface area contributed by atoms with Gasteiger partial charge >= 0.3 is 0 Å². The smallest absolute Gasteiger partial charge is 0.234 e. The predicted octanol–water partition coefficient (Wildman–Crippen LogP) is -0.471. The van der Waals surface area contributed by atoms with Gasteiger partial charge in [-0.15, -0.1) is 0 Å². The van der Waals surface area contributed by atoms with E-state index in [-0.39, 0.29) is 11.9 Å². The minimum Gasteiger partial charge on any atom is -0.368 e. The highest BCUT2D eigenvalue weighted by Gasteiger charge is 2.33. The van der Waals surface area contributed by atoms with Gasteiger partial charge in [-0.1, -0.05) is 0 Å². The summed E-state index contributed by atoms with van der Waals surface area (Å²) >= 11 is 0. The van der Waals surface area contributed by atoms with Gasteiger partial charge in [-0.25, -0.2) is 0 Å². The second-order valence-corrected chi connectivity index (χ2v) is 3.96. The lowest BCUT2D eigenvalue weighted by molar-refractivity contribution is -0.122. The monoisotopic (exact) mass is 185 g/mol. The second kappa shape index (κ2) is 4.07. The van der Waals surface area contributed by atoms with Crippen LogP contribution in [0.15, 0.2) is 0 Å². The van der Waals surface area contributed by atoms with Gasteiger partial charge in [0.15, 0.2) is 0 Å². The average molecular weight is 185 g/mol. The molecule has 0 saturated carbocycles. The van der Waals surface area contributed by atoms with Crippen molar-refractivity contribution in [3.05, 3.63) is 0 Å². The van der Waals surface area contributed by atoms with Crippen LogP contribution in [0.3, 0.4) is 0 Å². The summed E-state index contributed by atoms with van der Waals surface area (Å²) in [6.07, 6.45) is 1.08. The van der Waals surface area contributed by atoms with Crippen molar-refractivity contribution >= 4 is 5.91 Å². The molecule has 13 heavy (non-hydrogen) atoms. The molecule has 1 heterocycles. The lowest BCUT2D eigenvalue weighted by atomic mass is 10.1. The minimum absolute atomic E-state index is 0.161. The van der Waals surface area contributed by atoms with Crippen molar-refractivity contribution in [2.24, 2.45) is 17.4 Å². The van der Waals surface area contributed by atoms with Gasteiger partial charge in [-0.2, -0.15) is 0 Å². The van der Waals surface area contributed by atoms with E-state index >= 15 is 0 Å². The van der Waals surface area contributed by atoms with Crippen LogP contribution in [0.4, 0.5) is 0 Å². The Bertz CT molecular complexity index is 195. The molecule has 4 nitrogen and oxygen atoms in total. The molecule has 1 aliphatic rings. The Hall–Kier alpha value is -0.610. The fraction of sp³-hybridized carbons (Fsp3) is 0.889. The zero-order valence-electron chi connectivity index (χ0n) is 8.36. The Morgan fingerprint density at radius 2 is 2.31 bits per heavy atom. The fourth-order valence-electron chi connectivity index (χ4n) is 2.04. The highest BCUT2D eigenvalue weighted by Crippen LogP contribution is 2.23. The van der Waals surface area contributed by atoms with Gasteiger partial charge in [0.2, 0.25) is 5.91 Å². The van der Waals surface area contributed by atoms with Gasteiger partial charge in [0.1, 0.15) is 0 Å². The summed E-state index contributed by atoms with van der Waals surface area (Å²) in [6.45, 7) is 5.58. The van der Waals surface area contributed by atoms with E-state index in [0.29, 0.717) is 18.5 Å². The van der Waals surface area contributed by atoms with E-state index in [4.69, 9.17) is 11.5 Å². The predicted molar refractivity (Wildman–Crippen MR) is 52.0 cm³/mol. The van der Waals surface area contributed by atoms with Crippen molar-refractivity contribution in [1.82, 2.24) is 4.90 Å². The SMILES string of the molecule is CC1CC(CN)CN1C(C)C(N)=O. The summed E-state index contributed by atoms with van der Waals surface area (Å²) in [5, 5.41) is 0. The number of hydrogen-bond acceptors (Lipinski definition) is 3. The average Bonchev–Trinajstić information content (AvgIpc) is 2.45. The van der Waals surface area contributed by atoms with Crippen LogP contribution in [0.5, 0.6) is 0 Å². The topological polar surface area (TPSA) is 72.3 Å². The van der Waals surface area contributed by atoms with Gasteiger partial charge in [0.25, 0.3) is 0 Å². The number of amides is 1. The zero-order valence-corrected chi connectivity index (χ0v) is 8.36. The Morgan fingerprint density at radius 3 is 2.69 bits per heavy atom. The van der Waals surface area contributed by atoms with Gasteiger partial charge < -0.3 is 11.5 Å². The quantitative estimate of drug-likeness (QED) is 0.624. The normalized spacial score (nSPS) is 31.9. The molecule has 0 radical (unpaired) electrons. The molecular formula is C9H19N3O.